The SMILES string of the molecule is C[CH]1[Ra][CH2]C2CC1C2(C)C. The van der Waals surface area contributed by atoms with Crippen molar-refractivity contribution < 1.29 is 40.6 Å². The Morgan fingerprint density at radius 1 is 1.40 bits per heavy atom. The molecule has 54 valence electrons. The molecule has 2 aliphatic heterocycles. The van der Waals surface area contributed by atoms with Crippen LogP contribution in [0.1, 0.15) is 27.2 Å². The minimum absolute atomic E-state index is 0.373. The fourth-order valence-corrected chi connectivity index (χ4v) is 16.0. The zero-order chi connectivity index (χ0) is 7.35. The van der Waals surface area contributed by atoms with Crippen LogP contribution in [0, 0.1) is 57.8 Å². The van der Waals surface area contributed by atoms with Crippen LogP contribution in [0.3, 0.4) is 0 Å². The van der Waals surface area contributed by atoms with Crippen LogP contribution in [-0.2, 0) is 0 Å². The van der Waals surface area contributed by atoms with Gasteiger partial charge >= 0.3 is 87.4 Å². The molecule has 0 spiro atoms. The van der Waals surface area contributed by atoms with Gasteiger partial charge in [0.05, 0.1) is 0 Å². The molecule has 3 rings (SSSR count). The van der Waals surface area contributed by atoms with Crippen molar-refractivity contribution in [3.05, 3.63) is 0 Å². The van der Waals surface area contributed by atoms with Gasteiger partial charge in [0.2, 0.25) is 0 Å². The van der Waals surface area contributed by atoms with Crippen LogP contribution in [0.2, 0.25) is 2.42 Å². The first-order chi connectivity index (χ1) is 4.62. The number of hydrogen-bond acceptors (Lipinski definition) is 0. The van der Waals surface area contributed by atoms with E-state index in [0.29, 0.717) is 0 Å². The van der Waals surface area contributed by atoms with E-state index in [-0.39, 0.29) is 40.6 Å². The van der Waals surface area contributed by atoms with Crippen molar-refractivity contribution in [2.24, 2.45) is 17.3 Å². The Morgan fingerprint density at radius 3 is 2.40 bits per heavy atom. The van der Waals surface area contributed by atoms with Crippen LogP contribution in [0.4, 0.5) is 0 Å². The maximum absolute atomic E-state index is 2.53. The molecule has 2 bridgehead atoms. The van der Waals surface area contributed by atoms with Crippen molar-refractivity contribution in [2.75, 3.05) is 0 Å². The summed E-state index contributed by atoms with van der Waals surface area (Å²) in [6.07, 6.45) is 1.59. The monoisotopic (exact) mass is 350 g/mol. The van der Waals surface area contributed by atoms with E-state index in [9.17, 15) is 0 Å². The van der Waals surface area contributed by atoms with E-state index in [1.54, 1.807) is 7.88 Å². The summed E-state index contributed by atoms with van der Waals surface area (Å²) in [5.74, 6) is 2.34. The van der Waals surface area contributed by atoms with Gasteiger partial charge < -0.3 is 0 Å². The summed E-state index contributed by atoms with van der Waals surface area (Å²) in [6.45, 7) is 7.53. The molecule has 0 nitrogen and oxygen atoms in total. The third-order valence-electron chi connectivity index (χ3n) is 4.20. The average molecular weight is 350 g/mol. The summed E-state index contributed by atoms with van der Waals surface area (Å²) < 4.78 is 2.98. The van der Waals surface area contributed by atoms with Crippen LogP contribution < -0.4 is 0 Å². The van der Waals surface area contributed by atoms with Crippen LogP contribution in [-0.4, -0.2) is 0 Å². The first-order valence-corrected chi connectivity index (χ1v) is 12.1. The van der Waals surface area contributed by atoms with E-state index in [1.165, 1.54) is 6.88 Å². The molecule has 10 heavy (non-hydrogen) atoms. The van der Waals surface area contributed by atoms with Crippen molar-refractivity contribution in [1.29, 1.82) is 0 Å². The van der Waals surface area contributed by atoms with Gasteiger partial charge in [-0.15, -0.1) is 0 Å². The molecule has 0 aromatic carbocycles. The average Bonchev–Trinajstić information content (AvgIpc) is 1.87. The van der Waals surface area contributed by atoms with Crippen molar-refractivity contribution in [2.45, 2.75) is 29.6 Å². The van der Waals surface area contributed by atoms with Gasteiger partial charge in [-0.3, -0.25) is 0 Å². The number of fused-ring (bicyclic) bond motifs is 2. The van der Waals surface area contributed by atoms with Gasteiger partial charge in [-0.2, -0.15) is 0 Å². The molecular weight excluding hydrogens is 334 g/mol. The van der Waals surface area contributed by atoms with Crippen LogP contribution >= 0.6 is 0 Å². The summed E-state index contributed by atoms with van der Waals surface area (Å²) in [4.78, 5) is 0. The molecule has 2 saturated heterocycles. The van der Waals surface area contributed by atoms with E-state index >= 15 is 0 Å². The Morgan fingerprint density at radius 2 is 2.10 bits per heavy atom. The van der Waals surface area contributed by atoms with E-state index in [4.69, 9.17) is 0 Å². The van der Waals surface area contributed by atoms with Crippen molar-refractivity contribution in [1.82, 2.24) is 0 Å². The Balaban J connectivity index is 2.16. The molecule has 1 heteroatoms. The predicted molar refractivity (Wildman–Crippen MR) is 39.6 cm³/mol. The first-order valence-electron chi connectivity index (χ1n) is 4.62. The summed E-state index contributed by atoms with van der Waals surface area (Å²) in [5, 5.41) is 0. The standard InChI is InChI=1S/C9H16.Ra/c1-5-8-6-7(2)9(8,3)4;/h5,7-8H,2,6H2,1,3-4H3;. The van der Waals surface area contributed by atoms with Crippen LogP contribution in [0.15, 0.2) is 0 Å². The van der Waals surface area contributed by atoms with Gasteiger partial charge in [-0.25, -0.2) is 0 Å². The number of hydrogen-bond donors (Lipinski definition) is 0. The second-order valence-electron chi connectivity index (χ2n) is 4.92. The predicted octanol–water partition coefficient (Wildman–Crippen LogP) is 2.97. The zero-order valence-electron chi connectivity index (χ0n) is 7.35. The fraction of sp³-hybridized carbons (Fsp3) is 1.00. The summed E-state index contributed by atoms with van der Waals surface area (Å²) in [6, 6.07) is 0. The van der Waals surface area contributed by atoms with Gasteiger partial charge in [0.1, 0.15) is 0 Å². The second kappa shape index (κ2) is 2.48. The molecule has 3 unspecified atom stereocenters. The molecular formula is C9H16Ra. The maximum atomic E-state index is 2.53. The van der Waals surface area contributed by atoms with Gasteiger partial charge in [0, 0.05) is 0 Å². The Labute approximate surface area is 86.2 Å². The van der Waals surface area contributed by atoms with Gasteiger partial charge in [0.25, 0.3) is 0 Å². The van der Waals surface area contributed by atoms with Crippen LogP contribution in [0.25, 0.3) is 0 Å². The second-order valence-corrected chi connectivity index (χ2v) is 15.0. The normalized spacial score (nSPS) is 48.5. The van der Waals surface area contributed by atoms with Crippen molar-refractivity contribution in [3.63, 3.8) is 0 Å². The summed E-state index contributed by atoms with van der Waals surface area (Å²) in [5.41, 5.74) is 0.763. The molecule has 2 heterocycles. The van der Waals surface area contributed by atoms with E-state index in [1.807, 2.05) is 0 Å². The summed E-state index contributed by atoms with van der Waals surface area (Å²) >= 11 is -0.373. The minimum atomic E-state index is -0.373. The van der Waals surface area contributed by atoms with Gasteiger partial charge in [-0.1, -0.05) is 0 Å². The van der Waals surface area contributed by atoms with Crippen molar-refractivity contribution in [3.8, 4) is 0 Å². The fourth-order valence-electron chi connectivity index (χ4n) is 3.18. The van der Waals surface area contributed by atoms with E-state index in [0.717, 1.165) is 11.3 Å². The first kappa shape index (κ1) is 8.08. The third-order valence-corrected chi connectivity index (χ3v) is 14.5. The number of rotatable bonds is 0. The Kier molecular flexibility index (Phi) is 2.00. The molecule has 0 aromatic rings. The molecule has 0 amide bonds. The van der Waals surface area contributed by atoms with E-state index < -0.39 is 0 Å². The third kappa shape index (κ3) is 0.969. The van der Waals surface area contributed by atoms with Crippen molar-refractivity contribution >= 4 is 0 Å². The molecule has 0 N–H and O–H groups in total. The Bertz CT molecular complexity index is 149. The molecule has 3 atom stereocenters. The Hall–Kier alpha value is 1.47. The van der Waals surface area contributed by atoms with E-state index in [2.05, 4.69) is 20.8 Å². The van der Waals surface area contributed by atoms with Gasteiger partial charge in [0.15, 0.2) is 0 Å². The van der Waals surface area contributed by atoms with Crippen LogP contribution in [0.5, 0.6) is 0 Å². The molecule has 3 fully saturated rings. The molecule has 0 aromatic heterocycles. The molecule has 0 radical (unpaired) electrons. The molecule has 1 saturated carbocycles. The topological polar surface area (TPSA) is 0 Å². The van der Waals surface area contributed by atoms with Gasteiger partial charge in [-0.05, 0) is 0 Å². The summed E-state index contributed by atoms with van der Waals surface area (Å²) in [7, 11) is 0. The molecule has 1 aliphatic carbocycles. The molecule has 3 aliphatic rings. The quantitative estimate of drug-likeness (QED) is 0.630. The zero-order valence-corrected chi connectivity index (χ0v) is 13.2.